The highest BCUT2D eigenvalue weighted by Gasteiger charge is 2.33. The minimum Gasteiger partial charge on any atom is -0.444 e. The molecule has 4 heteroatoms. The molecule has 4 nitrogen and oxygen atoms in total. The van der Waals surface area contributed by atoms with Crippen LogP contribution >= 0.6 is 0 Å². The molecule has 0 saturated carbocycles. The van der Waals surface area contributed by atoms with Crippen molar-refractivity contribution in [2.45, 2.75) is 33.3 Å². The fourth-order valence-electron chi connectivity index (χ4n) is 1.44. The van der Waals surface area contributed by atoms with Crippen LogP contribution in [0.25, 0.3) is 0 Å². The Morgan fingerprint density at radius 1 is 1.40 bits per heavy atom. The third-order valence-electron chi connectivity index (χ3n) is 2.17. The Balaban J connectivity index is 2.18. The summed E-state index contributed by atoms with van der Waals surface area (Å²) < 4.78 is 10.5. The van der Waals surface area contributed by atoms with Crippen molar-refractivity contribution in [1.82, 2.24) is 4.90 Å². The van der Waals surface area contributed by atoms with Crippen LogP contribution in [0.4, 0.5) is 4.79 Å². The number of likely N-dealkylation sites (tertiary alicyclic amines) is 1. The highest BCUT2D eigenvalue weighted by atomic mass is 16.6. The predicted molar refractivity (Wildman–Crippen MR) is 57.8 cm³/mol. The van der Waals surface area contributed by atoms with Gasteiger partial charge < -0.3 is 14.4 Å². The lowest BCUT2D eigenvalue weighted by Crippen LogP contribution is -2.53. The van der Waals surface area contributed by atoms with E-state index < -0.39 is 5.60 Å². The molecule has 0 aromatic rings. The van der Waals surface area contributed by atoms with E-state index in [1.165, 1.54) is 0 Å². The highest BCUT2D eigenvalue weighted by molar-refractivity contribution is 5.69. The average Bonchev–Trinajstić information content (AvgIpc) is 1.98. The first-order chi connectivity index (χ1) is 6.92. The molecular formula is C11H21NO3. The summed E-state index contributed by atoms with van der Waals surface area (Å²) in [5, 5.41) is 0. The zero-order valence-electron chi connectivity index (χ0n) is 10.1. The normalized spacial score (nSPS) is 17.5. The standard InChI is InChI=1S/C11H21NO3/c1-5-14-8-9-6-12(7-9)10(13)15-11(2,3)4/h9H,5-8H2,1-4H3. The number of ether oxygens (including phenoxy) is 2. The molecule has 1 aliphatic rings. The van der Waals surface area contributed by atoms with Gasteiger partial charge in [-0.2, -0.15) is 0 Å². The van der Waals surface area contributed by atoms with Gasteiger partial charge in [0.1, 0.15) is 5.60 Å². The molecule has 0 aromatic heterocycles. The third-order valence-corrected chi connectivity index (χ3v) is 2.17. The summed E-state index contributed by atoms with van der Waals surface area (Å²) in [7, 11) is 0. The zero-order chi connectivity index (χ0) is 11.5. The van der Waals surface area contributed by atoms with Gasteiger partial charge in [0.15, 0.2) is 0 Å². The maximum atomic E-state index is 11.5. The van der Waals surface area contributed by atoms with Gasteiger partial charge in [-0.05, 0) is 27.7 Å². The van der Waals surface area contributed by atoms with Crippen LogP contribution in [0.3, 0.4) is 0 Å². The van der Waals surface area contributed by atoms with Crippen LogP contribution in [0.15, 0.2) is 0 Å². The van der Waals surface area contributed by atoms with Crippen molar-refractivity contribution < 1.29 is 14.3 Å². The monoisotopic (exact) mass is 215 g/mol. The Labute approximate surface area is 91.5 Å². The van der Waals surface area contributed by atoms with Gasteiger partial charge in [-0.3, -0.25) is 0 Å². The number of rotatable bonds is 3. The van der Waals surface area contributed by atoms with Crippen molar-refractivity contribution in [2.75, 3.05) is 26.3 Å². The van der Waals surface area contributed by atoms with Gasteiger partial charge in [-0.25, -0.2) is 4.79 Å². The Morgan fingerprint density at radius 3 is 2.47 bits per heavy atom. The van der Waals surface area contributed by atoms with E-state index >= 15 is 0 Å². The van der Waals surface area contributed by atoms with Crippen molar-refractivity contribution in [3.8, 4) is 0 Å². The van der Waals surface area contributed by atoms with E-state index in [1.54, 1.807) is 4.90 Å². The Morgan fingerprint density at radius 2 is 2.00 bits per heavy atom. The molecule has 0 N–H and O–H groups in total. The van der Waals surface area contributed by atoms with Crippen molar-refractivity contribution in [3.63, 3.8) is 0 Å². The predicted octanol–water partition coefficient (Wildman–Crippen LogP) is 1.89. The van der Waals surface area contributed by atoms with Crippen molar-refractivity contribution in [3.05, 3.63) is 0 Å². The number of nitrogens with zero attached hydrogens (tertiary/aromatic N) is 1. The first kappa shape index (κ1) is 12.3. The molecule has 0 spiro atoms. The van der Waals surface area contributed by atoms with E-state index in [2.05, 4.69) is 0 Å². The molecule has 15 heavy (non-hydrogen) atoms. The van der Waals surface area contributed by atoms with Crippen molar-refractivity contribution >= 4 is 6.09 Å². The third kappa shape index (κ3) is 4.08. The summed E-state index contributed by atoms with van der Waals surface area (Å²) in [6.45, 7) is 10.6. The number of hydrogen-bond donors (Lipinski definition) is 0. The molecule has 1 heterocycles. The largest absolute Gasteiger partial charge is 0.444 e. The molecule has 0 radical (unpaired) electrons. The second-order valence-corrected chi connectivity index (χ2v) is 4.91. The van der Waals surface area contributed by atoms with Crippen LogP contribution in [0.2, 0.25) is 0 Å². The quantitative estimate of drug-likeness (QED) is 0.721. The van der Waals surface area contributed by atoms with Gasteiger partial charge >= 0.3 is 6.09 Å². The van der Waals surface area contributed by atoms with Crippen LogP contribution in [0.5, 0.6) is 0 Å². The first-order valence-corrected chi connectivity index (χ1v) is 5.48. The topological polar surface area (TPSA) is 38.8 Å². The van der Waals surface area contributed by atoms with Gasteiger partial charge in [-0.15, -0.1) is 0 Å². The smallest absolute Gasteiger partial charge is 0.410 e. The van der Waals surface area contributed by atoms with Crippen LogP contribution in [0.1, 0.15) is 27.7 Å². The summed E-state index contributed by atoms with van der Waals surface area (Å²) in [5.41, 5.74) is -0.401. The van der Waals surface area contributed by atoms with Gasteiger partial charge in [0.25, 0.3) is 0 Å². The summed E-state index contributed by atoms with van der Waals surface area (Å²) in [6.07, 6.45) is -0.213. The lowest BCUT2D eigenvalue weighted by atomic mass is 10.0. The molecule has 1 rings (SSSR count). The van der Waals surface area contributed by atoms with Crippen molar-refractivity contribution in [2.24, 2.45) is 5.92 Å². The molecule has 88 valence electrons. The highest BCUT2D eigenvalue weighted by Crippen LogP contribution is 2.19. The molecule has 0 bridgehead atoms. The maximum Gasteiger partial charge on any atom is 0.410 e. The SMILES string of the molecule is CCOCC1CN(C(=O)OC(C)(C)C)C1. The summed E-state index contributed by atoms with van der Waals surface area (Å²) in [5.74, 6) is 0.484. The van der Waals surface area contributed by atoms with Crippen LogP contribution < -0.4 is 0 Å². The summed E-state index contributed by atoms with van der Waals surface area (Å²) in [4.78, 5) is 13.2. The fourth-order valence-corrected chi connectivity index (χ4v) is 1.44. The van der Waals surface area contributed by atoms with Gasteiger partial charge in [0, 0.05) is 25.6 Å². The molecular weight excluding hydrogens is 194 g/mol. The fraction of sp³-hybridized carbons (Fsp3) is 0.909. The molecule has 0 atom stereocenters. The van der Waals surface area contributed by atoms with E-state index in [9.17, 15) is 4.79 Å². The Kier molecular flexibility index (Phi) is 3.97. The first-order valence-electron chi connectivity index (χ1n) is 5.48. The van der Waals surface area contributed by atoms with E-state index in [-0.39, 0.29) is 6.09 Å². The van der Waals surface area contributed by atoms with E-state index in [0.717, 1.165) is 26.3 Å². The molecule has 0 unspecified atom stereocenters. The zero-order valence-corrected chi connectivity index (χ0v) is 10.1. The van der Waals surface area contributed by atoms with E-state index in [0.29, 0.717) is 5.92 Å². The maximum absolute atomic E-state index is 11.5. The number of hydrogen-bond acceptors (Lipinski definition) is 3. The molecule has 1 saturated heterocycles. The lowest BCUT2D eigenvalue weighted by molar-refractivity contribution is -0.0188. The minimum absolute atomic E-state index is 0.213. The molecule has 1 aliphatic heterocycles. The number of carbonyl (C=O) groups is 1. The molecule has 1 fully saturated rings. The van der Waals surface area contributed by atoms with E-state index in [4.69, 9.17) is 9.47 Å². The van der Waals surface area contributed by atoms with Gasteiger partial charge in [0.05, 0.1) is 6.61 Å². The van der Waals surface area contributed by atoms with Crippen LogP contribution in [-0.4, -0.2) is 42.9 Å². The lowest BCUT2D eigenvalue weighted by Gasteiger charge is -2.39. The van der Waals surface area contributed by atoms with Gasteiger partial charge in [0.2, 0.25) is 0 Å². The minimum atomic E-state index is -0.401. The summed E-state index contributed by atoms with van der Waals surface area (Å²) in [6, 6.07) is 0. The molecule has 1 amide bonds. The average molecular weight is 215 g/mol. The number of amides is 1. The van der Waals surface area contributed by atoms with Crippen LogP contribution in [0, 0.1) is 5.92 Å². The Bertz CT molecular complexity index is 216. The summed E-state index contributed by atoms with van der Waals surface area (Å²) >= 11 is 0. The van der Waals surface area contributed by atoms with Crippen molar-refractivity contribution in [1.29, 1.82) is 0 Å². The van der Waals surface area contributed by atoms with Crippen LogP contribution in [-0.2, 0) is 9.47 Å². The number of carbonyl (C=O) groups excluding carboxylic acids is 1. The Hall–Kier alpha value is -0.770. The van der Waals surface area contributed by atoms with Gasteiger partial charge in [-0.1, -0.05) is 0 Å². The second-order valence-electron chi connectivity index (χ2n) is 4.91. The second kappa shape index (κ2) is 4.84. The van der Waals surface area contributed by atoms with E-state index in [1.807, 2.05) is 27.7 Å². The molecule has 0 aliphatic carbocycles. The molecule has 0 aromatic carbocycles.